The van der Waals surface area contributed by atoms with Crippen LogP contribution in [0.15, 0.2) is 0 Å². The molecule has 9 heteroatoms. The Balaban J connectivity index is 1.74. The van der Waals surface area contributed by atoms with Gasteiger partial charge in [0.15, 0.2) is 0 Å². The van der Waals surface area contributed by atoms with Gasteiger partial charge in [0.05, 0.1) is 5.60 Å². The Bertz CT molecular complexity index is 472. The molecule has 4 fully saturated rings. The number of carbonyl (C=O) groups is 1. The summed E-state index contributed by atoms with van der Waals surface area (Å²) in [7, 11) is 1.69. The molecule has 0 amide bonds. The topological polar surface area (TPSA) is 74.2 Å². The first-order valence-corrected chi connectivity index (χ1v) is 8.31. The van der Waals surface area contributed by atoms with Crippen molar-refractivity contribution < 1.29 is 37.7 Å². The Kier molecular flexibility index (Phi) is 4.38. The number of rotatable bonds is 6. The number of hydrogen-bond acceptors (Lipinski definition) is 7. The lowest BCUT2D eigenvalue weighted by atomic mass is 9.48. The van der Waals surface area contributed by atoms with E-state index in [4.69, 9.17) is 14.7 Å². The van der Waals surface area contributed by atoms with Crippen LogP contribution in [0.4, 0.5) is 8.78 Å². The van der Waals surface area contributed by atoms with Crippen molar-refractivity contribution >= 4 is 18.0 Å². The van der Waals surface area contributed by atoms with Gasteiger partial charge in [-0.1, -0.05) is 5.04 Å². The van der Waals surface area contributed by atoms with Crippen LogP contribution in [-0.4, -0.2) is 34.8 Å². The van der Waals surface area contributed by atoms with Crippen molar-refractivity contribution in [2.45, 2.75) is 55.5 Å². The molecule has 0 aliphatic heterocycles. The average Bonchev–Trinajstić information content (AvgIpc) is 2.50. The molecule has 2 atom stereocenters. The number of ether oxygens (including phenoxy) is 2. The van der Waals surface area contributed by atoms with E-state index in [2.05, 4.69) is 9.37 Å². The molecule has 2 unspecified atom stereocenters. The van der Waals surface area contributed by atoms with Crippen molar-refractivity contribution in [3.63, 3.8) is 0 Å². The highest BCUT2D eigenvalue weighted by molar-refractivity contribution is 7.96. The van der Waals surface area contributed by atoms with Gasteiger partial charge in [-0.15, -0.1) is 4.33 Å². The highest BCUT2D eigenvalue weighted by atomic mass is 32.2. The molecule has 4 aliphatic rings. The molecule has 4 saturated carbocycles. The zero-order chi connectivity index (χ0) is 16.9. The van der Waals surface area contributed by atoms with Crippen LogP contribution in [0, 0.1) is 17.8 Å². The van der Waals surface area contributed by atoms with Crippen LogP contribution < -0.4 is 0 Å². The van der Waals surface area contributed by atoms with Gasteiger partial charge < -0.3 is 9.47 Å². The quantitative estimate of drug-likeness (QED) is 0.340. The van der Waals surface area contributed by atoms with E-state index in [-0.39, 0.29) is 17.4 Å². The number of alkyl halides is 2. The van der Waals surface area contributed by atoms with Crippen LogP contribution in [0.2, 0.25) is 0 Å². The largest absolute Gasteiger partial charge is 0.454 e. The van der Waals surface area contributed by atoms with Gasteiger partial charge in [0, 0.05) is 18.9 Å². The van der Waals surface area contributed by atoms with Crippen molar-refractivity contribution in [1.29, 1.82) is 0 Å². The highest BCUT2D eigenvalue weighted by Gasteiger charge is 2.63. The second-order valence-electron chi connectivity index (χ2n) is 7.05. The molecule has 1 N–H and O–H groups in total. The molecule has 23 heavy (non-hydrogen) atoms. The zero-order valence-electron chi connectivity index (χ0n) is 12.9. The van der Waals surface area contributed by atoms with Gasteiger partial charge in [-0.25, -0.2) is 10.1 Å². The van der Waals surface area contributed by atoms with E-state index >= 15 is 0 Å². The monoisotopic (exact) mass is 354 g/mol. The van der Waals surface area contributed by atoms with Gasteiger partial charge in [0.1, 0.15) is 17.6 Å². The predicted octanol–water partition coefficient (Wildman–Crippen LogP) is 3.18. The van der Waals surface area contributed by atoms with Crippen LogP contribution in [0.5, 0.6) is 0 Å². The average molecular weight is 354 g/mol. The van der Waals surface area contributed by atoms with Crippen molar-refractivity contribution in [3.05, 3.63) is 0 Å². The van der Waals surface area contributed by atoms with Crippen LogP contribution in [-0.2, 0) is 23.6 Å². The number of methoxy groups -OCH3 is 1. The lowest BCUT2D eigenvalue weighted by Crippen LogP contribution is -2.64. The van der Waals surface area contributed by atoms with E-state index in [1.54, 1.807) is 14.0 Å². The van der Waals surface area contributed by atoms with Gasteiger partial charge in [-0.05, 0) is 44.9 Å². The van der Waals surface area contributed by atoms with Crippen molar-refractivity contribution in [1.82, 2.24) is 0 Å². The zero-order valence-corrected chi connectivity index (χ0v) is 13.7. The summed E-state index contributed by atoms with van der Waals surface area (Å²) >= 11 is -0.590. The lowest BCUT2D eigenvalue weighted by Gasteiger charge is -2.62. The summed E-state index contributed by atoms with van der Waals surface area (Å²) in [5.41, 5.74) is -1.13. The summed E-state index contributed by atoms with van der Waals surface area (Å²) in [4.78, 5) is 11.9. The molecule has 0 aromatic rings. The molecule has 0 heterocycles. The second-order valence-corrected chi connectivity index (χ2v) is 7.86. The molecule has 4 bridgehead atoms. The maximum Gasteiger partial charge on any atom is 0.415 e. The molecule has 132 valence electrons. The lowest BCUT2D eigenvalue weighted by molar-refractivity contribution is -0.433. The third kappa shape index (κ3) is 2.86. The van der Waals surface area contributed by atoms with Crippen LogP contribution in [0.3, 0.4) is 0 Å². The SMILES string of the molecule is COC12CC3CC(C1)C(C)(OC(=O)C(F)(F)SOOO)C(C3)C2. The van der Waals surface area contributed by atoms with Gasteiger partial charge in [-0.3, -0.25) is 0 Å². The Labute approximate surface area is 136 Å². The minimum Gasteiger partial charge on any atom is -0.454 e. The maximum atomic E-state index is 13.7. The van der Waals surface area contributed by atoms with E-state index in [0.717, 1.165) is 32.1 Å². The number of halogens is 2. The first-order chi connectivity index (χ1) is 10.7. The van der Waals surface area contributed by atoms with Gasteiger partial charge >= 0.3 is 11.2 Å². The van der Waals surface area contributed by atoms with Crippen molar-refractivity contribution in [3.8, 4) is 0 Å². The fraction of sp³-hybridized carbons (Fsp3) is 0.929. The molecule has 4 rings (SSSR count). The van der Waals surface area contributed by atoms with Gasteiger partial charge in [-0.2, -0.15) is 8.78 Å². The fourth-order valence-electron chi connectivity index (χ4n) is 4.88. The molecule has 6 nitrogen and oxygen atoms in total. The molecular formula is C14H20F2O6S. The van der Waals surface area contributed by atoms with Crippen molar-refractivity contribution in [2.75, 3.05) is 7.11 Å². The molecule has 0 spiro atoms. The van der Waals surface area contributed by atoms with Crippen LogP contribution in [0.1, 0.15) is 39.0 Å². The van der Waals surface area contributed by atoms with Crippen LogP contribution in [0.25, 0.3) is 0 Å². The summed E-state index contributed by atoms with van der Waals surface area (Å²) < 4.78 is 42.1. The normalized spacial score (nSPS) is 42.0. The van der Waals surface area contributed by atoms with Crippen LogP contribution >= 0.6 is 12.0 Å². The number of esters is 1. The molecule has 0 aromatic heterocycles. The summed E-state index contributed by atoms with van der Waals surface area (Å²) in [6.07, 6.45) is 4.15. The standard InChI is InChI=1S/C14H20F2O6S/c1-12(20-11(17)14(15,16)23-22-21-18)9-3-8-4-10(12)7-13(5-8,6-9)19-2/h8-10,18H,3-7H2,1-2H3. The number of carbonyl (C=O) groups excluding carboxylic acids is 1. The van der Waals surface area contributed by atoms with Gasteiger partial charge in [0.2, 0.25) is 0 Å². The second kappa shape index (κ2) is 5.80. The predicted molar refractivity (Wildman–Crippen MR) is 75.1 cm³/mol. The highest BCUT2D eigenvalue weighted by Crippen LogP contribution is 2.62. The summed E-state index contributed by atoms with van der Waals surface area (Å²) in [6, 6.07) is 0. The molecular weight excluding hydrogens is 334 g/mol. The molecule has 0 aromatic carbocycles. The van der Waals surface area contributed by atoms with E-state index in [9.17, 15) is 13.6 Å². The first-order valence-electron chi connectivity index (χ1n) is 7.57. The fourth-order valence-corrected chi connectivity index (χ4v) is 5.11. The summed E-state index contributed by atoms with van der Waals surface area (Å²) in [6.45, 7) is 1.74. The Hall–Kier alpha value is -0.480. The third-order valence-electron chi connectivity index (χ3n) is 5.91. The molecule has 0 radical (unpaired) electrons. The van der Waals surface area contributed by atoms with E-state index in [1.165, 1.54) is 0 Å². The maximum absolute atomic E-state index is 13.7. The summed E-state index contributed by atoms with van der Waals surface area (Å²) in [5.74, 6) is -1.16. The van der Waals surface area contributed by atoms with Gasteiger partial charge in [0.25, 0.3) is 0 Å². The smallest absolute Gasteiger partial charge is 0.415 e. The molecule has 4 aliphatic carbocycles. The Morgan fingerprint density at radius 1 is 1.26 bits per heavy atom. The van der Waals surface area contributed by atoms with E-state index in [1.807, 2.05) is 0 Å². The third-order valence-corrected chi connectivity index (χ3v) is 6.41. The van der Waals surface area contributed by atoms with E-state index < -0.39 is 28.9 Å². The number of hydrogen-bond donors (Lipinski definition) is 1. The van der Waals surface area contributed by atoms with Crippen molar-refractivity contribution in [2.24, 2.45) is 17.8 Å². The van der Waals surface area contributed by atoms with E-state index in [0.29, 0.717) is 5.92 Å². The molecule has 0 saturated heterocycles. The first kappa shape index (κ1) is 17.3. The summed E-state index contributed by atoms with van der Waals surface area (Å²) in [5, 5.41) is 7.13. The minimum atomic E-state index is -3.96. The Morgan fingerprint density at radius 3 is 2.39 bits per heavy atom. The minimum absolute atomic E-state index is 0.00783. The Morgan fingerprint density at radius 2 is 1.87 bits per heavy atom.